The number of piperazine rings is 1. The largest absolute Gasteiger partial charge is 0.508 e. The number of hydrogen-bond acceptors (Lipinski definition) is 4. The lowest BCUT2D eigenvalue weighted by molar-refractivity contribution is 0.0455. The van der Waals surface area contributed by atoms with Crippen molar-refractivity contribution >= 4 is 0 Å². The molecule has 4 rings (SSSR count). The maximum atomic E-state index is 10.2. The van der Waals surface area contributed by atoms with Crippen LogP contribution in [0.3, 0.4) is 0 Å². The van der Waals surface area contributed by atoms with Crippen molar-refractivity contribution in [2.45, 2.75) is 44.4 Å². The molecule has 2 fully saturated rings. The molecule has 0 radical (unpaired) electrons. The second-order valence-electron chi connectivity index (χ2n) is 8.76. The normalized spacial score (nSPS) is 23.2. The third-order valence-electron chi connectivity index (χ3n) is 6.24. The number of benzene rings is 2. The van der Waals surface area contributed by atoms with E-state index in [0.717, 1.165) is 31.6 Å². The van der Waals surface area contributed by atoms with E-state index >= 15 is 0 Å². The van der Waals surface area contributed by atoms with Crippen LogP contribution in [0.2, 0.25) is 0 Å². The van der Waals surface area contributed by atoms with Gasteiger partial charge in [-0.05, 0) is 63.2 Å². The molecule has 2 aromatic carbocycles. The summed E-state index contributed by atoms with van der Waals surface area (Å²) >= 11 is 0. The van der Waals surface area contributed by atoms with Crippen LogP contribution in [0.4, 0.5) is 0 Å². The average Bonchev–Trinajstić information content (AvgIpc) is 3.12. The maximum absolute atomic E-state index is 10.2. The van der Waals surface area contributed by atoms with Crippen molar-refractivity contribution in [2.75, 3.05) is 33.7 Å². The highest BCUT2D eigenvalue weighted by Crippen LogP contribution is 2.28. The van der Waals surface area contributed by atoms with Crippen molar-refractivity contribution < 1.29 is 5.11 Å². The quantitative estimate of drug-likeness (QED) is 0.834. The van der Waals surface area contributed by atoms with E-state index in [1.54, 1.807) is 0 Å². The lowest BCUT2D eigenvalue weighted by Gasteiger charge is -2.44. The molecule has 2 heterocycles. The van der Waals surface area contributed by atoms with Crippen molar-refractivity contribution in [2.24, 2.45) is 0 Å². The summed E-state index contributed by atoms with van der Waals surface area (Å²) < 4.78 is 0. The molecule has 2 atom stereocenters. The smallest absolute Gasteiger partial charge is 0.120 e. The molecule has 2 aromatic rings. The van der Waals surface area contributed by atoms with Crippen molar-refractivity contribution in [3.8, 4) is 5.75 Å². The zero-order valence-corrected chi connectivity index (χ0v) is 17.2. The second-order valence-corrected chi connectivity index (χ2v) is 8.76. The van der Waals surface area contributed by atoms with E-state index < -0.39 is 0 Å². The molecule has 0 aromatic heterocycles. The zero-order chi connectivity index (χ0) is 19.5. The van der Waals surface area contributed by atoms with Gasteiger partial charge in [-0.1, -0.05) is 36.4 Å². The Balaban J connectivity index is 1.53. The van der Waals surface area contributed by atoms with Gasteiger partial charge in [-0.2, -0.15) is 0 Å². The van der Waals surface area contributed by atoms with Crippen LogP contribution in [-0.2, 0) is 19.5 Å². The topological polar surface area (TPSA) is 30.0 Å². The summed E-state index contributed by atoms with van der Waals surface area (Å²) in [4.78, 5) is 7.50. The lowest BCUT2D eigenvalue weighted by atomic mass is 9.98. The number of hydrogen-bond donors (Lipinski definition) is 1. The molecule has 1 N–H and O–H groups in total. The van der Waals surface area contributed by atoms with Crippen molar-refractivity contribution in [1.82, 2.24) is 14.7 Å². The first-order valence-corrected chi connectivity index (χ1v) is 10.6. The molecule has 0 spiro atoms. The van der Waals surface area contributed by atoms with Gasteiger partial charge in [-0.15, -0.1) is 0 Å². The highest BCUT2D eigenvalue weighted by Gasteiger charge is 2.36. The molecule has 4 heteroatoms. The maximum Gasteiger partial charge on any atom is 0.120 e. The number of phenols is 1. The molecule has 0 bridgehead atoms. The minimum Gasteiger partial charge on any atom is -0.508 e. The molecule has 0 amide bonds. The number of aromatic hydroxyl groups is 1. The summed E-state index contributed by atoms with van der Waals surface area (Å²) in [6.45, 7) is 5.31. The molecule has 4 nitrogen and oxygen atoms in total. The van der Waals surface area contributed by atoms with Gasteiger partial charge in [0.15, 0.2) is 0 Å². The van der Waals surface area contributed by atoms with Gasteiger partial charge in [0.05, 0.1) is 0 Å². The highest BCUT2D eigenvalue weighted by molar-refractivity contribution is 5.36. The Morgan fingerprint density at radius 3 is 2.64 bits per heavy atom. The standard InChI is InChI=1S/C24H33N3O/c1-25(2)16-21-13-20(10-11-24(21)28)15-27-17-22-9-6-12-26(22)18-23(27)14-19-7-4-3-5-8-19/h3-5,7-8,10-11,13,22-23,28H,6,9,12,14-18H2,1-2H3/t22-,23-/m0/s1. The number of fused-ring (bicyclic) bond motifs is 1. The number of phenolic OH excluding ortho intramolecular Hbond substituents is 1. The predicted molar refractivity (Wildman–Crippen MR) is 114 cm³/mol. The highest BCUT2D eigenvalue weighted by atomic mass is 16.3. The first-order valence-electron chi connectivity index (χ1n) is 10.6. The fraction of sp³-hybridized carbons (Fsp3) is 0.500. The fourth-order valence-electron chi connectivity index (χ4n) is 4.86. The lowest BCUT2D eigenvalue weighted by Crippen LogP contribution is -2.56. The minimum absolute atomic E-state index is 0.402. The van der Waals surface area contributed by atoms with Gasteiger partial charge in [0.2, 0.25) is 0 Å². The zero-order valence-electron chi connectivity index (χ0n) is 17.2. The summed E-state index contributed by atoms with van der Waals surface area (Å²) in [5.74, 6) is 0.402. The molecule has 2 saturated heterocycles. The molecule has 0 saturated carbocycles. The van der Waals surface area contributed by atoms with Crippen LogP contribution in [-0.4, -0.2) is 65.6 Å². The molecule has 2 aliphatic rings. The van der Waals surface area contributed by atoms with Gasteiger partial charge in [0, 0.05) is 43.8 Å². The van der Waals surface area contributed by atoms with E-state index in [4.69, 9.17) is 0 Å². The van der Waals surface area contributed by atoms with E-state index in [2.05, 4.69) is 57.2 Å². The molecular formula is C24H33N3O. The van der Waals surface area contributed by atoms with Gasteiger partial charge in [0.25, 0.3) is 0 Å². The Morgan fingerprint density at radius 1 is 1.04 bits per heavy atom. The third kappa shape index (κ3) is 4.57. The van der Waals surface area contributed by atoms with Crippen LogP contribution in [0.15, 0.2) is 48.5 Å². The van der Waals surface area contributed by atoms with E-state index in [-0.39, 0.29) is 0 Å². The molecule has 28 heavy (non-hydrogen) atoms. The van der Waals surface area contributed by atoms with Crippen LogP contribution in [0.5, 0.6) is 5.75 Å². The predicted octanol–water partition coefficient (Wildman–Crippen LogP) is 3.35. The Labute approximate surface area is 169 Å². The Kier molecular flexibility index (Phi) is 6.00. The number of nitrogens with zero attached hydrogens (tertiary/aromatic N) is 3. The van der Waals surface area contributed by atoms with Crippen LogP contribution < -0.4 is 0 Å². The minimum atomic E-state index is 0.402. The Hall–Kier alpha value is -1.88. The summed E-state index contributed by atoms with van der Waals surface area (Å²) in [5.41, 5.74) is 3.75. The summed E-state index contributed by atoms with van der Waals surface area (Å²) in [6.07, 6.45) is 3.77. The van der Waals surface area contributed by atoms with E-state index in [9.17, 15) is 5.11 Å². The van der Waals surface area contributed by atoms with Crippen LogP contribution in [0, 0.1) is 0 Å². The van der Waals surface area contributed by atoms with Gasteiger partial charge < -0.3 is 10.0 Å². The SMILES string of the molecule is CN(C)Cc1cc(CN2C[C@@H]3CCCN3C[C@@H]2Cc2ccccc2)ccc1O. The molecule has 0 unspecified atom stereocenters. The van der Waals surface area contributed by atoms with Gasteiger partial charge in [-0.25, -0.2) is 0 Å². The molecule has 2 aliphatic heterocycles. The van der Waals surface area contributed by atoms with Crippen LogP contribution >= 0.6 is 0 Å². The summed E-state index contributed by atoms with van der Waals surface area (Å²) in [5, 5.41) is 10.2. The van der Waals surface area contributed by atoms with E-state index in [1.165, 1.54) is 37.1 Å². The number of rotatable bonds is 6. The molecule has 0 aliphatic carbocycles. The van der Waals surface area contributed by atoms with Crippen LogP contribution in [0.25, 0.3) is 0 Å². The Bertz CT molecular complexity index is 777. The average molecular weight is 380 g/mol. The van der Waals surface area contributed by atoms with Crippen molar-refractivity contribution in [3.63, 3.8) is 0 Å². The summed E-state index contributed by atoms with van der Waals surface area (Å²) in [6, 6.07) is 18.3. The van der Waals surface area contributed by atoms with Gasteiger partial charge in [-0.3, -0.25) is 9.80 Å². The fourth-order valence-corrected chi connectivity index (χ4v) is 4.86. The molecular weight excluding hydrogens is 346 g/mol. The monoisotopic (exact) mass is 379 g/mol. The summed E-state index contributed by atoms with van der Waals surface area (Å²) in [7, 11) is 4.09. The van der Waals surface area contributed by atoms with E-state index in [1.807, 2.05) is 20.2 Å². The van der Waals surface area contributed by atoms with Gasteiger partial charge in [0.1, 0.15) is 5.75 Å². The first kappa shape index (κ1) is 19.4. The van der Waals surface area contributed by atoms with Crippen molar-refractivity contribution in [1.29, 1.82) is 0 Å². The molecule has 150 valence electrons. The van der Waals surface area contributed by atoms with Crippen molar-refractivity contribution in [3.05, 3.63) is 65.2 Å². The second kappa shape index (κ2) is 8.64. The van der Waals surface area contributed by atoms with Gasteiger partial charge >= 0.3 is 0 Å². The first-order chi connectivity index (χ1) is 13.6. The van der Waals surface area contributed by atoms with E-state index in [0.29, 0.717) is 17.8 Å². The third-order valence-corrected chi connectivity index (χ3v) is 6.24. The van der Waals surface area contributed by atoms with Crippen LogP contribution in [0.1, 0.15) is 29.5 Å². The Morgan fingerprint density at radius 2 is 1.86 bits per heavy atom.